The maximum atomic E-state index is 12.9. The number of aryl methyl sites for hydroxylation is 2. The van der Waals surface area contributed by atoms with Gasteiger partial charge in [0, 0.05) is 20.1 Å². The number of hydrogen-bond acceptors (Lipinski definition) is 5. The van der Waals surface area contributed by atoms with Gasteiger partial charge in [0.25, 0.3) is 0 Å². The third kappa shape index (κ3) is 4.02. The second-order valence-corrected chi connectivity index (χ2v) is 6.69. The van der Waals surface area contributed by atoms with Gasteiger partial charge in [-0.2, -0.15) is 5.06 Å². The van der Waals surface area contributed by atoms with Gasteiger partial charge in [-0.05, 0) is 37.8 Å². The maximum Gasteiger partial charge on any atom is 0.331 e. The topological polar surface area (TPSA) is 59.1 Å². The van der Waals surface area contributed by atoms with Crippen LogP contribution in [0.3, 0.4) is 0 Å². The minimum Gasteiger partial charge on any atom is -0.467 e. The van der Waals surface area contributed by atoms with Crippen LogP contribution in [0.1, 0.15) is 29.5 Å². The van der Waals surface area contributed by atoms with Crippen molar-refractivity contribution < 1.29 is 19.2 Å². The van der Waals surface area contributed by atoms with Gasteiger partial charge in [-0.15, -0.1) is 0 Å². The van der Waals surface area contributed by atoms with Crippen molar-refractivity contribution in [2.45, 2.75) is 38.6 Å². The molecule has 1 aliphatic heterocycles. The van der Waals surface area contributed by atoms with Crippen LogP contribution >= 0.6 is 0 Å². The highest BCUT2D eigenvalue weighted by Crippen LogP contribution is 2.30. The van der Waals surface area contributed by atoms with Crippen molar-refractivity contribution in [2.24, 2.45) is 0 Å². The molecule has 6 heteroatoms. The average Bonchev–Trinajstić information content (AvgIpc) is 2.63. The largest absolute Gasteiger partial charge is 0.467 e. The first-order valence-corrected chi connectivity index (χ1v) is 8.54. The van der Waals surface area contributed by atoms with E-state index in [1.807, 2.05) is 32.0 Å². The van der Waals surface area contributed by atoms with E-state index in [2.05, 4.69) is 0 Å². The Kier molecular flexibility index (Phi) is 6.19. The number of amides is 1. The fraction of sp³-hybridized carbons (Fsp3) is 0.579. The smallest absolute Gasteiger partial charge is 0.331 e. The van der Waals surface area contributed by atoms with E-state index in [9.17, 15) is 9.59 Å². The van der Waals surface area contributed by atoms with Crippen LogP contribution in [0.2, 0.25) is 0 Å². The summed E-state index contributed by atoms with van der Waals surface area (Å²) < 4.78 is 5.03. The van der Waals surface area contributed by atoms with Gasteiger partial charge in [-0.3, -0.25) is 4.79 Å². The Bertz CT molecular complexity index is 636. The average molecular weight is 348 g/mol. The highest BCUT2D eigenvalue weighted by molar-refractivity contribution is 5.89. The molecule has 0 aromatic heterocycles. The van der Waals surface area contributed by atoms with Gasteiger partial charge in [0.1, 0.15) is 5.54 Å². The van der Waals surface area contributed by atoms with Crippen LogP contribution in [0, 0.1) is 13.8 Å². The van der Waals surface area contributed by atoms with E-state index in [1.54, 1.807) is 24.1 Å². The molecule has 25 heavy (non-hydrogen) atoms. The SMILES string of the molecule is COC(=O)C1(N(C)C(=O)Cc2cc(C)ccc2C)CCN(OC)CC1. The standard InChI is InChI=1S/C19H28N2O4/c1-14-6-7-15(2)16(12-14)13-17(22)20(3)19(18(23)24-4)8-10-21(25-5)11-9-19/h6-7,12H,8-11,13H2,1-5H3. The van der Waals surface area contributed by atoms with Gasteiger partial charge in [-0.25, -0.2) is 4.79 Å². The normalized spacial score (nSPS) is 17.2. The summed E-state index contributed by atoms with van der Waals surface area (Å²) in [6.07, 6.45) is 1.25. The molecule has 0 spiro atoms. The maximum absolute atomic E-state index is 12.9. The highest BCUT2D eigenvalue weighted by atomic mass is 16.7. The summed E-state index contributed by atoms with van der Waals surface area (Å²) in [4.78, 5) is 32.3. The molecule has 0 atom stereocenters. The molecule has 1 amide bonds. The summed E-state index contributed by atoms with van der Waals surface area (Å²) in [5, 5.41) is 1.80. The van der Waals surface area contributed by atoms with Gasteiger partial charge in [0.05, 0.1) is 20.6 Å². The van der Waals surface area contributed by atoms with Crippen molar-refractivity contribution in [2.75, 3.05) is 34.4 Å². The number of ether oxygens (including phenoxy) is 1. The first kappa shape index (κ1) is 19.4. The van der Waals surface area contributed by atoms with E-state index in [4.69, 9.17) is 9.57 Å². The minimum atomic E-state index is -0.932. The van der Waals surface area contributed by atoms with Crippen LogP contribution in [-0.2, 0) is 25.6 Å². The third-order valence-corrected chi connectivity index (χ3v) is 5.24. The van der Waals surface area contributed by atoms with E-state index in [0.717, 1.165) is 16.7 Å². The lowest BCUT2D eigenvalue weighted by atomic mass is 9.86. The number of likely N-dealkylation sites (N-methyl/N-ethyl adjacent to an activating group) is 1. The molecule has 138 valence electrons. The Labute approximate surface area is 149 Å². The molecule has 0 N–H and O–H groups in total. The molecular weight excluding hydrogens is 320 g/mol. The van der Waals surface area contributed by atoms with Crippen molar-refractivity contribution in [1.29, 1.82) is 0 Å². The first-order valence-electron chi connectivity index (χ1n) is 8.54. The third-order valence-electron chi connectivity index (χ3n) is 5.24. The number of rotatable bonds is 5. The molecule has 0 unspecified atom stereocenters. The first-order chi connectivity index (χ1) is 11.8. The molecule has 1 fully saturated rings. The summed E-state index contributed by atoms with van der Waals surface area (Å²) in [5.74, 6) is -0.440. The Hall–Kier alpha value is -1.92. The summed E-state index contributed by atoms with van der Waals surface area (Å²) in [6, 6.07) is 6.08. The molecule has 0 saturated carbocycles. The van der Waals surface area contributed by atoms with Crippen LogP contribution in [0.15, 0.2) is 18.2 Å². The highest BCUT2D eigenvalue weighted by Gasteiger charge is 2.47. The van der Waals surface area contributed by atoms with Crippen molar-refractivity contribution in [3.05, 3.63) is 34.9 Å². The Morgan fingerprint density at radius 3 is 2.40 bits per heavy atom. The number of hydroxylamine groups is 2. The van der Waals surface area contributed by atoms with Crippen LogP contribution in [0.25, 0.3) is 0 Å². The Balaban J connectivity index is 2.21. The van der Waals surface area contributed by atoms with Gasteiger partial charge in [0.15, 0.2) is 0 Å². The number of esters is 1. The van der Waals surface area contributed by atoms with Gasteiger partial charge >= 0.3 is 5.97 Å². The molecule has 2 rings (SSSR count). The molecule has 1 saturated heterocycles. The fourth-order valence-electron chi connectivity index (χ4n) is 3.42. The van der Waals surface area contributed by atoms with Crippen LogP contribution in [-0.4, -0.2) is 61.7 Å². The van der Waals surface area contributed by atoms with E-state index >= 15 is 0 Å². The fourth-order valence-corrected chi connectivity index (χ4v) is 3.42. The molecular formula is C19H28N2O4. The zero-order chi connectivity index (χ0) is 18.6. The monoisotopic (exact) mass is 348 g/mol. The van der Waals surface area contributed by atoms with Crippen molar-refractivity contribution in [3.8, 4) is 0 Å². The predicted octanol–water partition coefficient (Wildman–Crippen LogP) is 1.87. The van der Waals surface area contributed by atoms with E-state index in [0.29, 0.717) is 25.9 Å². The number of carbonyl (C=O) groups is 2. The second kappa shape index (κ2) is 7.97. The van der Waals surface area contributed by atoms with E-state index in [1.165, 1.54) is 7.11 Å². The quantitative estimate of drug-likeness (QED) is 0.761. The summed E-state index contributed by atoms with van der Waals surface area (Å²) in [5.41, 5.74) is 2.26. The van der Waals surface area contributed by atoms with Crippen LogP contribution in [0.5, 0.6) is 0 Å². The van der Waals surface area contributed by atoms with Gasteiger partial charge in [-0.1, -0.05) is 23.8 Å². The number of piperidine rings is 1. The molecule has 1 heterocycles. The number of hydrogen-bond donors (Lipinski definition) is 0. The molecule has 1 aliphatic rings. The van der Waals surface area contributed by atoms with Crippen LogP contribution < -0.4 is 0 Å². The summed E-state index contributed by atoms with van der Waals surface area (Å²) in [7, 11) is 4.68. The van der Waals surface area contributed by atoms with Gasteiger partial charge < -0.3 is 14.5 Å². The lowest BCUT2D eigenvalue weighted by molar-refractivity contribution is -0.183. The molecule has 6 nitrogen and oxygen atoms in total. The Morgan fingerprint density at radius 2 is 1.84 bits per heavy atom. The zero-order valence-electron chi connectivity index (χ0n) is 15.8. The van der Waals surface area contributed by atoms with E-state index in [-0.39, 0.29) is 18.3 Å². The predicted molar refractivity (Wildman–Crippen MR) is 95.0 cm³/mol. The summed E-state index contributed by atoms with van der Waals surface area (Å²) in [6.45, 7) is 5.15. The molecule has 0 bridgehead atoms. The summed E-state index contributed by atoms with van der Waals surface area (Å²) >= 11 is 0. The minimum absolute atomic E-state index is 0.0787. The molecule has 0 radical (unpaired) electrons. The molecule has 1 aromatic carbocycles. The number of benzene rings is 1. The van der Waals surface area contributed by atoms with E-state index < -0.39 is 5.54 Å². The van der Waals surface area contributed by atoms with Gasteiger partial charge in [0.2, 0.25) is 5.91 Å². The van der Waals surface area contributed by atoms with Crippen molar-refractivity contribution in [1.82, 2.24) is 9.96 Å². The second-order valence-electron chi connectivity index (χ2n) is 6.69. The Morgan fingerprint density at radius 1 is 1.20 bits per heavy atom. The lowest BCUT2D eigenvalue weighted by Gasteiger charge is -2.44. The number of methoxy groups -OCH3 is 1. The molecule has 1 aromatic rings. The molecule has 0 aliphatic carbocycles. The van der Waals surface area contributed by atoms with Crippen LogP contribution in [0.4, 0.5) is 0 Å². The number of carbonyl (C=O) groups excluding carboxylic acids is 2. The van der Waals surface area contributed by atoms with Crippen molar-refractivity contribution in [3.63, 3.8) is 0 Å². The lowest BCUT2D eigenvalue weighted by Crippen LogP contribution is -2.61. The van der Waals surface area contributed by atoms with Crippen molar-refractivity contribution >= 4 is 11.9 Å². The zero-order valence-corrected chi connectivity index (χ0v) is 15.8. The number of nitrogens with zero attached hydrogens (tertiary/aromatic N) is 2.